The van der Waals surface area contributed by atoms with Crippen molar-refractivity contribution in [2.24, 2.45) is 17.6 Å². The third-order valence-corrected chi connectivity index (χ3v) is 6.93. The maximum atomic E-state index is 10.6. The SMILES string of the molecule is CCc1cnc(N2CCC(CCCOc3cc(C)c(C(O)NC[C@@H](C)CN)c(C)c3)CC2)nc1. The molecular weight excluding hydrogens is 426 g/mol. The zero-order valence-electron chi connectivity index (χ0n) is 21.4. The van der Waals surface area contributed by atoms with Crippen LogP contribution in [0, 0.1) is 25.7 Å². The molecule has 1 saturated heterocycles. The summed E-state index contributed by atoms with van der Waals surface area (Å²) < 4.78 is 6.07. The lowest BCUT2D eigenvalue weighted by Gasteiger charge is -2.32. The summed E-state index contributed by atoms with van der Waals surface area (Å²) in [6, 6.07) is 4.06. The quantitative estimate of drug-likeness (QED) is 0.320. The van der Waals surface area contributed by atoms with Crippen molar-refractivity contribution in [2.45, 2.75) is 66.0 Å². The summed E-state index contributed by atoms with van der Waals surface area (Å²) in [6.07, 6.45) is 8.77. The first kappa shape index (κ1) is 26.4. The van der Waals surface area contributed by atoms with Crippen molar-refractivity contribution in [1.82, 2.24) is 15.3 Å². The summed E-state index contributed by atoms with van der Waals surface area (Å²) in [5.41, 5.74) is 9.86. The second kappa shape index (κ2) is 13.0. The topological polar surface area (TPSA) is 96.5 Å². The van der Waals surface area contributed by atoms with Crippen LogP contribution in [0.2, 0.25) is 0 Å². The number of ether oxygens (including phenoxy) is 1. The van der Waals surface area contributed by atoms with E-state index in [0.29, 0.717) is 19.0 Å². The van der Waals surface area contributed by atoms with E-state index in [1.165, 1.54) is 24.8 Å². The highest BCUT2D eigenvalue weighted by Gasteiger charge is 2.21. The van der Waals surface area contributed by atoms with Crippen LogP contribution in [-0.4, -0.2) is 47.9 Å². The zero-order chi connectivity index (χ0) is 24.5. The normalized spacial score (nSPS) is 16.5. The molecule has 188 valence electrons. The average Bonchev–Trinajstić information content (AvgIpc) is 2.85. The molecule has 0 aliphatic carbocycles. The lowest BCUT2D eigenvalue weighted by molar-refractivity contribution is 0.133. The number of aliphatic hydroxyl groups is 1. The van der Waals surface area contributed by atoms with Crippen molar-refractivity contribution in [1.29, 1.82) is 0 Å². The number of benzene rings is 1. The van der Waals surface area contributed by atoms with Gasteiger partial charge in [0.2, 0.25) is 5.95 Å². The molecule has 2 heterocycles. The first-order chi connectivity index (χ1) is 16.4. The van der Waals surface area contributed by atoms with E-state index in [2.05, 4.69) is 34.0 Å². The Labute approximate surface area is 205 Å². The van der Waals surface area contributed by atoms with Crippen LogP contribution in [0.15, 0.2) is 24.5 Å². The molecule has 0 spiro atoms. The Kier molecular flexibility index (Phi) is 10.1. The smallest absolute Gasteiger partial charge is 0.225 e. The molecule has 1 aliphatic rings. The van der Waals surface area contributed by atoms with Gasteiger partial charge in [0, 0.05) is 37.6 Å². The maximum Gasteiger partial charge on any atom is 0.225 e. The van der Waals surface area contributed by atoms with Crippen LogP contribution < -0.4 is 20.7 Å². The van der Waals surface area contributed by atoms with Crippen LogP contribution in [0.5, 0.6) is 5.75 Å². The molecule has 1 aromatic carbocycles. The van der Waals surface area contributed by atoms with Crippen molar-refractivity contribution in [3.63, 3.8) is 0 Å². The van der Waals surface area contributed by atoms with E-state index in [-0.39, 0.29) is 0 Å². The molecule has 1 aromatic heterocycles. The van der Waals surface area contributed by atoms with Gasteiger partial charge in [0.05, 0.1) is 6.61 Å². The lowest BCUT2D eigenvalue weighted by atomic mass is 9.92. The summed E-state index contributed by atoms with van der Waals surface area (Å²) in [6.45, 7) is 12.3. The maximum absolute atomic E-state index is 10.6. The first-order valence-electron chi connectivity index (χ1n) is 12.8. The van der Waals surface area contributed by atoms with E-state index in [1.807, 2.05) is 38.4 Å². The number of nitrogens with two attached hydrogens (primary N) is 1. The monoisotopic (exact) mass is 469 g/mol. The van der Waals surface area contributed by atoms with Crippen molar-refractivity contribution in [3.8, 4) is 5.75 Å². The fourth-order valence-electron chi connectivity index (χ4n) is 4.63. The van der Waals surface area contributed by atoms with Crippen molar-refractivity contribution in [2.75, 3.05) is 37.7 Å². The molecule has 1 aliphatic heterocycles. The van der Waals surface area contributed by atoms with Gasteiger partial charge in [0.1, 0.15) is 12.0 Å². The lowest BCUT2D eigenvalue weighted by Crippen LogP contribution is -2.35. The number of aryl methyl sites for hydroxylation is 3. The van der Waals surface area contributed by atoms with Crippen LogP contribution in [0.1, 0.15) is 68.0 Å². The molecule has 2 aromatic rings. The highest BCUT2D eigenvalue weighted by molar-refractivity contribution is 5.42. The number of piperidine rings is 1. The van der Waals surface area contributed by atoms with E-state index in [4.69, 9.17) is 10.5 Å². The standard InChI is InChI=1S/C27H43N5O2/c1-5-22-17-30-27(31-18-22)32-10-8-23(9-11-32)7-6-12-34-24-13-20(3)25(21(4)14-24)26(33)29-16-19(2)15-28/h13-14,17-19,23,26,29,33H,5-12,15-16,28H2,1-4H3/t19-,26?/m0/s1. The minimum atomic E-state index is -0.691. The van der Waals surface area contributed by atoms with Gasteiger partial charge in [-0.25, -0.2) is 9.97 Å². The largest absolute Gasteiger partial charge is 0.494 e. The second-order valence-electron chi connectivity index (χ2n) is 9.79. The highest BCUT2D eigenvalue weighted by Crippen LogP contribution is 2.27. The average molecular weight is 470 g/mol. The Morgan fingerprint density at radius 3 is 2.41 bits per heavy atom. The van der Waals surface area contributed by atoms with Crippen molar-refractivity contribution < 1.29 is 9.84 Å². The fraction of sp³-hybridized carbons (Fsp3) is 0.630. The Bertz CT molecular complexity index is 858. The molecule has 7 nitrogen and oxygen atoms in total. The predicted octanol–water partition coefficient (Wildman–Crippen LogP) is 3.91. The molecule has 4 N–H and O–H groups in total. The van der Waals surface area contributed by atoms with Crippen LogP contribution in [0.4, 0.5) is 5.95 Å². The Morgan fingerprint density at radius 1 is 1.18 bits per heavy atom. The summed E-state index contributed by atoms with van der Waals surface area (Å²) in [4.78, 5) is 11.4. The van der Waals surface area contributed by atoms with Gasteiger partial charge in [-0.05, 0) is 93.2 Å². The van der Waals surface area contributed by atoms with Gasteiger partial charge < -0.3 is 20.5 Å². The van der Waals surface area contributed by atoms with E-state index in [9.17, 15) is 5.11 Å². The van der Waals surface area contributed by atoms with Gasteiger partial charge in [-0.2, -0.15) is 0 Å². The van der Waals surface area contributed by atoms with E-state index in [1.54, 1.807) is 0 Å². The minimum Gasteiger partial charge on any atom is -0.494 e. The van der Waals surface area contributed by atoms with Gasteiger partial charge in [-0.15, -0.1) is 0 Å². The Balaban J connectivity index is 1.40. The molecule has 3 rings (SSSR count). The highest BCUT2D eigenvalue weighted by atomic mass is 16.5. The van der Waals surface area contributed by atoms with Gasteiger partial charge in [0.15, 0.2) is 0 Å². The van der Waals surface area contributed by atoms with Crippen LogP contribution >= 0.6 is 0 Å². The molecule has 2 atom stereocenters. The van der Waals surface area contributed by atoms with Gasteiger partial charge in [-0.1, -0.05) is 13.8 Å². The number of hydrogen-bond donors (Lipinski definition) is 3. The van der Waals surface area contributed by atoms with Crippen molar-refractivity contribution >= 4 is 5.95 Å². The summed E-state index contributed by atoms with van der Waals surface area (Å²) in [5.74, 6) is 2.80. The predicted molar refractivity (Wildman–Crippen MR) is 138 cm³/mol. The van der Waals surface area contributed by atoms with Crippen LogP contribution in [-0.2, 0) is 6.42 Å². The number of aromatic nitrogens is 2. The second-order valence-corrected chi connectivity index (χ2v) is 9.79. The Morgan fingerprint density at radius 2 is 1.82 bits per heavy atom. The van der Waals surface area contributed by atoms with Crippen LogP contribution in [0.3, 0.4) is 0 Å². The first-order valence-corrected chi connectivity index (χ1v) is 12.8. The fourth-order valence-corrected chi connectivity index (χ4v) is 4.63. The number of aliphatic hydroxyl groups excluding tert-OH is 1. The summed E-state index contributed by atoms with van der Waals surface area (Å²) in [7, 11) is 0. The number of anilines is 1. The molecule has 0 bridgehead atoms. The van der Waals surface area contributed by atoms with Crippen LogP contribution in [0.25, 0.3) is 0 Å². The molecule has 1 fully saturated rings. The third kappa shape index (κ3) is 7.39. The number of nitrogens with zero attached hydrogens (tertiary/aromatic N) is 3. The molecular formula is C27H43N5O2. The molecule has 0 saturated carbocycles. The van der Waals surface area contributed by atoms with E-state index in [0.717, 1.165) is 66.8 Å². The minimum absolute atomic E-state index is 0.325. The summed E-state index contributed by atoms with van der Waals surface area (Å²) >= 11 is 0. The molecule has 0 amide bonds. The number of rotatable bonds is 12. The molecule has 1 unspecified atom stereocenters. The molecule has 34 heavy (non-hydrogen) atoms. The van der Waals surface area contributed by atoms with E-state index >= 15 is 0 Å². The number of nitrogens with one attached hydrogen (secondary N) is 1. The Hall–Kier alpha value is -2.22. The van der Waals surface area contributed by atoms with E-state index < -0.39 is 6.23 Å². The van der Waals surface area contributed by atoms with Gasteiger partial charge in [-0.3, -0.25) is 5.32 Å². The third-order valence-electron chi connectivity index (χ3n) is 6.93. The molecule has 7 heteroatoms. The van der Waals surface area contributed by atoms with Gasteiger partial charge >= 0.3 is 0 Å². The number of hydrogen-bond acceptors (Lipinski definition) is 7. The zero-order valence-corrected chi connectivity index (χ0v) is 21.4. The molecule has 0 radical (unpaired) electrons. The van der Waals surface area contributed by atoms with Crippen molar-refractivity contribution in [3.05, 3.63) is 46.8 Å². The van der Waals surface area contributed by atoms with Gasteiger partial charge in [0.25, 0.3) is 0 Å². The summed E-state index contributed by atoms with van der Waals surface area (Å²) in [5, 5.41) is 13.8.